The van der Waals surface area contributed by atoms with E-state index in [1.807, 2.05) is 17.8 Å². The second-order valence-corrected chi connectivity index (χ2v) is 16.8. The summed E-state index contributed by atoms with van der Waals surface area (Å²) in [7, 11) is 1.89. The van der Waals surface area contributed by atoms with Crippen LogP contribution in [0.1, 0.15) is 91.5 Å². The van der Waals surface area contributed by atoms with Gasteiger partial charge in [-0.1, -0.05) is 0 Å². The minimum absolute atomic E-state index is 0.0498. The molecule has 4 fully saturated rings. The number of amides is 3. The van der Waals surface area contributed by atoms with Crippen molar-refractivity contribution in [3.63, 3.8) is 0 Å². The molecule has 7 heterocycles. The second kappa shape index (κ2) is 16.5. The lowest BCUT2D eigenvalue weighted by Crippen LogP contribution is -2.48. The van der Waals surface area contributed by atoms with Crippen molar-refractivity contribution >= 4 is 51.5 Å². The summed E-state index contributed by atoms with van der Waals surface area (Å²) in [5.74, 6) is -0.618. The third-order valence-electron chi connectivity index (χ3n) is 12.8. The summed E-state index contributed by atoms with van der Waals surface area (Å²) in [6.45, 7) is 5.22. The molecule has 3 atom stereocenters. The molecule has 318 valence electrons. The van der Waals surface area contributed by atoms with Crippen molar-refractivity contribution in [2.75, 3.05) is 60.9 Å². The highest BCUT2D eigenvalue weighted by atomic mass is 19.3. The molecule has 4 aromatic heterocycles. The highest BCUT2D eigenvalue weighted by molar-refractivity contribution is 6.08. The van der Waals surface area contributed by atoms with Crippen LogP contribution in [0, 0.1) is 5.92 Å². The number of rotatable bonds is 10. The number of anilines is 3. The number of carbonyl (C=O) groups is 3. The summed E-state index contributed by atoms with van der Waals surface area (Å²) < 4.78 is 47.6. The fraction of sp³-hybridized carbons (Fsp3) is 0.537. The Bertz CT molecular complexity index is 2390. The van der Waals surface area contributed by atoms with Crippen LogP contribution < -0.4 is 26.2 Å². The number of hydrogen-bond acceptors (Lipinski definition) is 11. The number of fused-ring (bicyclic) bond motifs is 2. The van der Waals surface area contributed by atoms with Gasteiger partial charge in [0.05, 0.1) is 41.6 Å². The number of nitrogens with zero attached hydrogens (tertiary/aromatic N) is 10. The Balaban J connectivity index is 0.768. The summed E-state index contributed by atoms with van der Waals surface area (Å²) in [6.07, 6.45) is 6.12. The summed E-state index contributed by atoms with van der Waals surface area (Å²) in [4.78, 5) is 48.9. The smallest absolute Gasteiger partial charge is 0.284 e. The molecule has 16 nitrogen and oxygen atoms in total. The minimum Gasteiger partial charge on any atom is -0.369 e. The zero-order valence-electron chi connectivity index (χ0n) is 33.5. The monoisotopic (exact) mass is 829 g/mol. The van der Waals surface area contributed by atoms with Crippen molar-refractivity contribution in [3.8, 4) is 0 Å². The van der Waals surface area contributed by atoms with Crippen molar-refractivity contribution in [1.82, 2.24) is 44.4 Å². The summed E-state index contributed by atoms with van der Waals surface area (Å²) in [6, 6.07) is 7.56. The van der Waals surface area contributed by atoms with Crippen LogP contribution in [0.25, 0.3) is 16.6 Å². The van der Waals surface area contributed by atoms with E-state index < -0.39 is 30.1 Å². The number of nitrogens with one attached hydrogen (secondary N) is 2. The Kier molecular flexibility index (Phi) is 11.0. The summed E-state index contributed by atoms with van der Waals surface area (Å²) in [5.41, 5.74) is 8.60. The van der Waals surface area contributed by atoms with Crippen LogP contribution in [0.15, 0.2) is 42.9 Å². The molecule has 1 aromatic carbocycles. The Morgan fingerprint density at radius 1 is 1.02 bits per heavy atom. The van der Waals surface area contributed by atoms with Crippen LogP contribution in [0.3, 0.4) is 0 Å². The summed E-state index contributed by atoms with van der Waals surface area (Å²) in [5, 5.41) is 19.2. The number of nitrogens with two attached hydrogens (primary N) is 1. The van der Waals surface area contributed by atoms with E-state index in [-0.39, 0.29) is 53.8 Å². The van der Waals surface area contributed by atoms with Gasteiger partial charge in [-0.3, -0.25) is 34.0 Å². The summed E-state index contributed by atoms with van der Waals surface area (Å²) >= 11 is 0. The highest BCUT2D eigenvalue weighted by Crippen LogP contribution is 2.37. The van der Waals surface area contributed by atoms with Gasteiger partial charge in [0.2, 0.25) is 11.8 Å². The lowest BCUT2D eigenvalue weighted by molar-refractivity contribution is -0.134. The van der Waals surface area contributed by atoms with Crippen LogP contribution in [0.4, 0.5) is 30.4 Å². The van der Waals surface area contributed by atoms with Crippen LogP contribution >= 0.6 is 0 Å². The zero-order chi connectivity index (χ0) is 41.7. The molecular weight excluding hydrogens is 780 g/mol. The first kappa shape index (κ1) is 39.9. The van der Waals surface area contributed by atoms with Gasteiger partial charge in [0, 0.05) is 75.7 Å². The maximum atomic E-state index is 14.3. The van der Waals surface area contributed by atoms with E-state index in [9.17, 15) is 27.6 Å². The number of aromatic nitrogens is 7. The molecule has 5 aromatic rings. The van der Waals surface area contributed by atoms with Crippen molar-refractivity contribution < 1.29 is 27.6 Å². The van der Waals surface area contributed by atoms with Gasteiger partial charge in [0.25, 0.3) is 12.3 Å². The number of hydrogen-bond donors (Lipinski definition) is 3. The SMILES string of the molecule is Cn1nc(C2CCC(=O)NC2=O)c2ccc(N3CCN(CCC4CCC(n5cc(NC(=O)c6cnn7ccc(N8CC(N)C[C@@H](F)C8)nc67)c(C(F)F)n5)CC4)CC3)cc21. The van der Waals surface area contributed by atoms with E-state index in [0.29, 0.717) is 36.8 Å². The molecule has 1 saturated carbocycles. The van der Waals surface area contributed by atoms with Gasteiger partial charge in [-0.05, 0) is 81.7 Å². The number of aryl methyl sites for hydroxylation is 1. The maximum absolute atomic E-state index is 14.3. The van der Waals surface area contributed by atoms with Gasteiger partial charge < -0.3 is 20.9 Å². The molecule has 60 heavy (non-hydrogen) atoms. The van der Waals surface area contributed by atoms with Crippen molar-refractivity contribution in [2.45, 2.75) is 82.0 Å². The molecule has 19 heteroatoms. The first-order chi connectivity index (χ1) is 29.0. The molecule has 0 radical (unpaired) electrons. The first-order valence-corrected chi connectivity index (χ1v) is 20.9. The van der Waals surface area contributed by atoms with Crippen LogP contribution in [-0.2, 0) is 16.6 Å². The molecule has 3 saturated heterocycles. The third kappa shape index (κ3) is 8.03. The molecule has 3 aliphatic heterocycles. The number of piperazine rings is 1. The molecule has 2 unspecified atom stereocenters. The average molecular weight is 830 g/mol. The highest BCUT2D eigenvalue weighted by Gasteiger charge is 2.33. The number of benzene rings is 1. The molecule has 3 amide bonds. The van der Waals surface area contributed by atoms with Crippen LogP contribution in [0.5, 0.6) is 0 Å². The van der Waals surface area contributed by atoms with Gasteiger partial charge in [-0.15, -0.1) is 0 Å². The van der Waals surface area contributed by atoms with Crippen LogP contribution in [0.2, 0.25) is 0 Å². The number of piperidine rings is 2. The zero-order valence-corrected chi connectivity index (χ0v) is 33.5. The quantitative estimate of drug-likeness (QED) is 0.171. The lowest BCUT2D eigenvalue weighted by Gasteiger charge is -2.37. The fourth-order valence-corrected chi connectivity index (χ4v) is 9.47. The predicted octanol–water partition coefficient (Wildman–Crippen LogP) is 4.34. The number of carbonyl (C=O) groups excluding carboxylic acids is 3. The van der Waals surface area contributed by atoms with E-state index in [1.165, 1.54) is 16.9 Å². The predicted molar refractivity (Wildman–Crippen MR) is 218 cm³/mol. The largest absolute Gasteiger partial charge is 0.369 e. The lowest BCUT2D eigenvalue weighted by atomic mass is 9.84. The first-order valence-electron chi connectivity index (χ1n) is 20.9. The number of halogens is 3. The van der Waals surface area contributed by atoms with Gasteiger partial charge in [0.1, 0.15) is 17.6 Å². The molecular formula is C41H50F3N13O3. The molecule has 0 bridgehead atoms. The maximum Gasteiger partial charge on any atom is 0.284 e. The molecule has 4 aliphatic rings. The number of imide groups is 1. The van der Waals surface area contributed by atoms with Gasteiger partial charge in [0.15, 0.2) is 11.3 Å². The Morgan fingerprint density at radius 3 is 2.57 bits per heavy atom. The van der Waals surface area contributed by atoms with Gasteiger partial charge in [-0.2, -0.15) is 15.3 Å². The Hall–Kier alpha value is -5.56. The Morgan fingerprint density at radius 2 is 1.82 bits per heavy atom. The Labute approximate surface area is 344 Å². The third-order valence-corrected chi connectivity index (χ3v) is 12.8. The van der Waals surface area contributed by atoms with E-state index >= 15 is 0 Å². The van der Waals surface area contributed by atoms with Crippen molar-refractivity contribution in [2.24, 2.45) is 18.7 Å². The standard InChI is InChI=1S/C41H50F3N13O3/c1-52-33-19-28(6-7-29(33)36(50-52)30-8-9-35(58)49-40(30)59)54-16-14-53(15-17-54)12-10-24-2-4-27(5-3-24)57-23-32(37(51-57)38(43)44)47-41(60)31-20-46-56-13-11-34(48-39(31)56)55-21-25(42)18-26(45)22-55/h6-7,11,13,19-20,23-27,30,38H,2-5,8-10,12,14-18,21-22,45H2,1H3,(H,47,60)(H,49,58,59)/t24?,25-,26?,27?,30?/m1/s1. The van der Waals surface area contributed by atoms with Gasteiger partial charge >= 0.3 is 0 Å². The van der Waals surface area contributed by atoms with Crippen molar-refractivity contribution in [1.29, 1.82) is 0 Å². The van der Waals surface area contributed by atoms with E-state index in [4.69, 9.17) is 5.73 Å². The minimum atomic E-state index is -2.89. The van der Waals surface area contributed by atoms with Crippen LogP contribution in [-0.4, -0.2) is 115 Å². The molecule has 9 rings (SSSR count). The average Bonchev–Trinajstić information content (AvgIpc) is 3.95. The number of alkyl halides is 3. The molecule has 4 N–H and O–H groups in total. The van der Waals surface area contributed by atoms with Crippen molar-refractivity contribution in [3.05, 3.63) is 59.8 Å². The fourth-order valence-electron chi connectivity index (χ4n) is 9.47. The molecule has 0 spiro atoms. The van der Waals surface area contributed by atoms with E-state index in [2.05, 4.69) is 52.8 Å². The second-order valence-electron chi connectivity index (χ2n) is 16.8. The molecule has 1 aliphatic carbocycles. The normalized spacial score (nSPS) is 24.5. The van der Waals surface area contributed by atoms with E-state index in [1.54, 1.807) is 21.8 Å². The van der Waals surface area contributed by atoms with Gasteiger partial charge in [-0.25, -0.2) is 22.7 Å². The van der Waals surface area contributed by atoms with E-state index in [0.717, 1.165) is 81.4 Å². The topological polar surface area (TPSA) is 177 Å².